The van der Waals surface area contributed by atoms with Crippen molar-refractivity contribution in [3.63, 3.8) is 0 Å². The quantitative estimate of drug-likeness (QED) is 0.686. The third-order valence-electron chi connectivity index (χ3n) is 3.01. The Balaban J connectivity index is 1.84. The molecule has 0 bridgehead atoms. The van der Waals surface area contributed by atoms with Crippen LogP contribution in [0, 0.1) is 13.0 Å². The van der Waals surface area contributed by atoms with E-state index in [1.807, 2.05) is 11.7 Å². The average molecular weight is 241 g/mol. The summed E-state index contributed by atoms with van der Waals surface area (Å²) in [5, 5.41) is 1.19. The van der Waals surface area contributed by atoms with Crippen molar-refractivity contribution >= 4 is 22.2 Å². The van der Waals surface area contributed by atoms with E-state index in [9.17, 15) is 0 Å². The second-order valence-corrected chi connectivity index (χ2v) is 5.03. The summed E-state index contributed by atoms with van der Waals surface area (Å²) in [7, 11) is 0. The van der Waals surface area contributed by atoms with Crippen molar-refractivity contribution in [2.24, 2.45) is 0 Å². The molecule has 0 unspecified atom stereocenters. The number of hydrogen-bond acceptors (Lipinski definition) is 2. The standard InChI is InChI=1S/C14H13N2S/c1-11-14(17-10-15-11)7-9-16-8-6-12-4-2-3-5-13(12)16/h2-5,8,10H,7,9H2,1H3. The fourth-order valence-corrected chi connectivity index (χ4v) is 2.81. The van der Waals surface area contributed by atoms with Crippen molar-refractivity contribution in [1.82, 2.24) is 9.55 Å². The van der Waals surface area contributed by atoms with Gasteiger partial charge in [0.2, 0.25) is 0 Å². The van der Waals surface area contributed by atoms with E-state index in [0.717, 1.165) is 18.7 Å². The van der Waals surface area contributed by atoms with E-state index in [4.69, 9.17) is 0 Å². The average Bonchev–Trinajstić information content (AvgIpc) is 2.93. The number of benzene rings is 1. The number of thiazole rings is 1. The molecule has 17 heavy (non-hydrogen) atoms. The molecular formula is C14H13N2S. The lowest BCUT2D eigenvalue weighted by Gasteiger charge is -2.04. The van der Waals surface area contributed by atoms with Crippen LogP contribution in [-0.2, 0) is 13.0 Å². The first-order valence-electron chi connectivity index (χ1n) is 5.69. The number of rotatable bonds is 3. The van der Waals surface area contributed by atoms with E-state index >= 15 is 0 Å². The molecule has 0 aliphatic rings. The largest absolute Gasteiger partial charge is 0.346 e. The minimum atomic E-state index is 0.993. The second-order valence-electron chi connectivity index (χ2n) is 4.09. The maximum atomic E-state index is 4.28. The number of nitrogens with zero attached hydrogens (tertiary/aromatic N) is 2. The van der Waals surface area contributed by atoms with Crippen LogP contribution in [0.5, 0.6) is 0 Å². The number of hydrogen-bond donors (Lipinski definition) is 0. The van der Waals surface area contributed by atoms with E-state index in [1.54, 1.807) is 11.3 Å². The normalized spacial score (nSPS) is 11.1. The van der Waals surface area contributed by atoms with Gasteiger partial charge in [0.15, 0.2) is 0 Å². The van der Waals surface area contributed by atoms with Crippen molar-refractivity contribution in [3.05, 3.63) is 52.6 Å². The molecule has 2 aromatic heterocycles. The lowest BCUT2D eigenvalue weighted by molar-refractivity contribution is 0.726. The van der Waals surface area contributed by atoms with Gasteiger partial charge in [-0.25, -0.2) is 4.98 Å². The van der Waals surface area contributed by atoms with Gasteiger partial charge in [0.25, 0.3) is 0 Å². The van der Waals surface area contributed by atoms with Gasteiger partial charge in [-0.3, -0.25) is 0 Å². The molecule has 2 heterocycles. The van der Waals surface area contributed by atoms with Crippen LogP contribution in [0.1, 0.15) is 10.6 Å². The molecule has 0 aliphatic carbocycles. The van der Waals surface area contributed by atoms with Gasteiger partial charge >= 0.3 is 0 Å². The molecule has 0 atom stereocenters. The minimum Gasteiger partial charge on any atom is -0.346 e. The second kappa shape index (κ2) is 4.34. The molecule has 0 spiro atoms. The summed E-state index contributed by atoms with van der Waals surface area (Å²) in [5.74, 6) is 0. The van der Waals surface area contributed by atoms with Crippen molar-refractivity contribution in [2.45, 2.75) is 19.9 Å². The predicted molar refractivity (Wildman–Crippen MR) is 71.3 cm³/mol. The van der Waals surface area contributed by atoms with Crippen molar-refractivity contribution in [2.75, 3.05) is 0 Å². The van der Waals surface area contributed by atoms with Gasteiger partial charge in [0.05, 0.1) is 11.2 Å². The topological polar surface area (TPSA) is 17.8 Å². The molecule has 85 valence electrons. The van der Waals surface area contributed by atoms with Crippen LogP contribution in [-0.4, -0.2) is 9.55 Å². The van der Waals surface area contributed by atoms with Crippen molar-refractivity contribution in [1.29, 1.82) is 0 Å². The molecule has 0 aliphatic heterocycles. The van der Waals surface area contributed by atoms with E-state index in [-0.39, 0.29) is 0 Å². The summed E-state index contributed by atoms with van der Waals surface area (Å²) in [6, 6.07) is 11.7. The fraction of sp³-hybridized carbons (Fsp3) is 0.214. The third-order valence-corrected chi connectivity index (χ3v) is 4.01. The SMILES string of the molecule is Cc1ncsc1CCn1c[c]c2ccccc21. The maximum Gasteiger partial charge on any atom is 0.0797 e. The highest BCUT2D eigenvalue weighted by molar-refractivity contribution is 7.09. The third kappa shape index (κ3) is 1.98. The number of para-hydroxylation sites is 1. The van der Waals surface area contributed by atoms with Crippen LogP contribution >= 0.6 is 11.3 Å². The highest BCUT2D eigenvalue weighted by atomic mass is 32.1. The Hall–Kier alpha value is -1.61. The molecular weight excluding hydrogens is 228 g/mol. The Morgan fingerprint density at radius 2 is 2.24 bits per heavy atom. The van der Waals surface area contributed by atoms with Crippen molar-refractivity contribution < 1.29 is 0 Å². The van der Waals surface area contributed by atoms with Crippen LogP contribution in [0.25, 0.3) is 10.9 Å². The van der Waals surface area contributed by atoms with Gasteiger partial charge < -0.3 is 4.57 Å². The first-order chi connectivity index (χ1) is 8.34. The van der Waals surface area contributed by atoms with Gasteiger partial charge in [-0.15, -0.1) is 11.3 Å². The molecule has 0 saturated carbocycles. The molecule has 2 nitrogen and oxygen atoms in total. The maximum absolute atomic E-state index is 4.28. The van der Waals surface area contributed by atoms with Crippen LogP contribution in [0.2, 0.25) is 0 Å². The monoisotopic (exact) mass is 241 g/mol. The van der Waals surface area contributed by atoms with Gasteiger partial charge in [0.1, 0.15) is 0 Å². The Labute approximate surface area is 105 Å². The van der Waals surface area contributed by atoms with Crippen LogP contribution in [0.15, 0.2) is 36.0 Å². The number of aryl methyl sites for hydroxylation is 3. The highest BCUT2D eigenvalue weighted by Crippen LogP contribution is 2.17. The summed E-state index contributed by atoms with van der Waals surface area (Å²) in [4.78, 5) is 5.66. The molecule has 1 aromatic carbocycles. The van der Waals surface area contributed by atoms with E-state index < -0.39 is 0 Å². The molecule has 0 amide bonds. The molecule has 3 aromatic rings. The van der Waals surface area contributed by atoms with Crippen molar-refractivity contribution in [3.8, 4) is 0 Å². The van der Waals surface area contributed by atoms with Crippen LogP contribution < -0.4 is 0 Å². The van der Waals surface area contributed by atoms with Crippen LogP contribution in [0.4, 0.5) is 0 Å². The Morgan fingerprint density at radius 1 is 1.35 bits per heavy atom. The molecule has 1 radical (unpaired) electrons. The van der Waals surface area contributed by atoms with Crippen LogP contribution in [0.3, 0.4) is 0 Å². The molecule has 3 heteroatoms. The smallest absolute Gasteiger partial charge is 0.0797 e. The van der Waals surface area contributed by atoms with Gasteiger partial charge in [0, 0.05) is 41.0 Å². The van der Waals surface area contributed by atoms with Gasteiger partial charge in [-0.2, -0.15) is 0 Å². The Bertz CT molecular complexity index is 636. The molecule has 0 saturated heterocycles. The summed E-state index contributed by atoms with van der Waals surface area (Å²) in [6.07, 6.45) is 3.09. The molecule has 0 N–H and O–H groups in total. The number of aromatic nitrogens is 2. The van der Waals surface area contributed by atoms with E-state index in [0.29, 0.717) is 0 Å². The zero-order valence-corrected chi connectivity index (χ0v) is 10.5. The first-order valence-corrected chi connectivity index (χ1v) is 6.57. The predicted octanol–water partition coefficient (Wildman–Crippen LogP) is 3.45. The Morgan fingerprint density at radius 3 is 3.06 bits per heavy atom. The molecule has 0 fully saturated rings. The van der Waals surface area contributed by atoms with Gasteiger partial charge in [-0.1, -0.05) is 18.2 Å². The lowest BCUT2D eigenvalue weighted by atomic mass is 10.2. The highest BCUT2D eigenvalue weighted by Gasteiger charge is 2.04. The Kier molecular flexibility index (Phi) is 2.69. The summed E-state index contributed by atoms with van der Waals surface area (Å²) < 4.78 is 2.26. The summed E-state index contributed by atoms with van der Waals surface area (Å²) in [5.41, 5.74) is 4.34. The summed E-state index contributed by atoms with van der Waals surface area (Å²) >= 11 is 1.74. The molecule has 3 rings (SSSR count). The number of fused-ring (bicyclic) bond motifs is 1. The minimum absolute atomic E-state index is 0.993. The zero-order chi connectivity index (χ0) is 11.7. The zero-order valence-electron chi connectivity index (χ0n) is 9.68. The first kappa shape index (κ1) is 10.5. The van der Waals surface area contributed by atoms with E-state index in [1.165, 1.54) is 15.8 Å². The van der Waals surface area contributed by atoms with Gasteiger partial charge in [-0.05, 0) is 13.0 Å². The fourth-order valence-electron chi connectivity index (χ4n) is 2.04. The van der Waals surface area contributed by atoms with E-state index in [2.05, 4.69) is 46.8 Å². The summed E-state index contributed by atoms with van der Waals surface area (Å²) in [6.45, 7) is 3.07. The lowest BCUT2D eigenvalue weighted by Crippen LogP contribution is -1.99.